The van der Waals surface area contributed by atoms with Gasteiger partial charge in [-0.1, -0.05) is 18.7 Å². The van der Waals surface area contributed by atoms with Gasteiger partial charge in [0.25, 0.3) is 0 Å². The van der Waals surface area contributed by atoms with Crippen LogP contribution < -0.4 is 0 Å². The first-order valence-corrected chi connectivity index (χ1v) is 12.6. The molecule has 0 bridgehead atoms. The van der Waals surface area contributed by atoms with Gasteiger partial charge in [-0.05, 0) is 43.4 Å². The molecule has 2 aliphatic heterocycles. The van der Waals surface area contributed by atoms with Crippen molar-refractivity contribution >= 4 is 27.6 Å². The van der Waals surface area contributed by atoms with Crippen molar-refractivity contribution in [2.45, 2.75) is 25.8 Å². The molecule has 9 heteroatoms. The summed E-state index contributed by atoms with van der Waals surface area (Å²) in [6.45, 7) is 8.93. The second kappa shape index (κ2) is 10.2. The lowest BCUT2D eigenvalue weighted by Gasteiger charge is -2.33. The summed E-state index contributed by atoms with van der Waals surface area (Å²) in [7, 11) is 0. The van der Waals surface area contributed by atoms with Crippen LogP contribution in [0.4, 0.5) is 0 Å². The number of aromatic nitrogens is 3. The molecule has 4 heterocycles. The summed E-state index contributed by atoms with van der Waals surface area (Å²) in [6, 6.07) is 7.06. The molecule has 178 valence electrons. The number of fused-ring (bicyclic) bond motifs is 1. The van der Waals surface area contributed by atoms with E-state index < -0.39 is 0 Å². The Morgan fingerprint density at radius 3 is 2.71 bits per heavy atom. The van der Waals surface area contributed by atoms with Crippen LogP contribution in [0.1, 0.15) is 23.5 Å². The van der Waals surface area contributed by atoms with Gasteiger partial charge in [0.2, 0.25) is 5.91 Å². The fraction of sp³-hybridized carbons (Fsp3) is 0.440. The summed E-state index contributed by atoms with van der Waals surface area (Å²) in [5, 5.41) is 11.0. The van der Waals surface area contributed by atoms with Crippen LogP contribution in [0.15, 0.2) is 36.9 Å². The summed E-state index contributed by atoms with van der Waals surface area (Å²) < 4.78 is 6.59. The van der Waals surface area contributed by atoms with Crippen LogP contribution in [0.3, 0.4) is 0 Å². The molecular formula is C25H29N5O3S. The van der Waals surface area contributed by atoms with Gasteiger partial charge in [0.05, 0.1) is 16.9 Å². The first kappa shape index (κ1) is 22.9. The van der Waals surface area contributed by atoms with Crippen molar-refractivity contribution in [1.82, 2.24) is 24.8 Å². The number of benzene rings is 1. The first-order chi connectivity index (χ1) is 16.6. The van der Waals surface area contributed by atoms with E-state index in [0.717, 1.165) is 78.7 Å². The van der Waals surface area contributed by atoms with Gasteiger partial charge >= 0.3 is 0 Å². The molecule has 3 aromatic rings. The summed E-state index contributed by atoms with van der Waals surface area (Å²) in [5.74, 6) is 1.32. The van der Waals surface area contributed by atoms with Crippen molar-refractivity contribution in [2.75, 3.05) is 39.4 Å². The van der Waals surface area contributed by atoms with Crippen LogP contribution in [0, 0.1) is 5.92 Å². The molecule has 1 amide bonds. The molecule has 0 saturated carbocycles. The fourth-order valence-corrected chi connectivity index (χ4v) is 5.62. The lowest BCUT2D eigenvalue weighted by molar-refractivity contribution is -0.127. The molecule has 0 aliphatic carbocycles. The average molecular weight is 480 g/mol. The molecule has 0 spiro atoms. The average Bonchev–Trinajstić information content (AvgIpc) is 3.27. The second-order valence-corrected chi connectivity index (χ2v) is 9.95. The van der Waals surface area contributed by atoms with Gasteiger partial charge in [0.1, 0.15) is 10.8 Å². The van der Waals surface area contributed by atoms with Crippen LogP contribution in [-0.2, 0) is 22.5 Å². The number of rotatable bonds is 6. The molecule has 1 N–H and O–H groups in total. The van der Waals surface area contributed by atoms with Gasteiger partial charge in [-0.3, -0.25) is 9.69 Å². The quantitative estimate of drug-likeness (QED) is 0.543. The third-order valence-electron chi connectivity index (χ3n) is 6.51. The van der Waals surface area contributed by atoms with Gasteiger partial charge in [-0.25, -0.2) is 15.0 Å². The van der Waals surface area contributed by atoms with Crippen LogP contribution in [0.2, 0.25) is 0 Å². The molecule has 34 heavy (non-hydrogen) atoms. The van der Waals surface area contributed by atoms with Crippen LogP contribution >= 0.6 is 11.3 Å². The molecule has 8 nitrogen and oxygen atoms in total. The van der Waals surface area contributed by atoms with E-state index in [0.29, 0.717) is 24.8 Å². The molecule has 2 saturated heterocycles. The molecule has 2 aliphatic rings. The highest BCUT2D eigenvalue weighted by molar-refractivity contribution is 7.18. The van der Waals surface area contributed by atoms with Crippen LogP contribution in [0.5, 0.6) is 5.75 Å². The maximum absolute atomic E-state index is 11.9. The highest BCUT2D eigenvalue weighted by atomic mass is 32.1. The maximum atomic E-state index is 11.9. The number of nitrogens with zero attached hydrogens (tertiary/aromatic N) is 5. The van der Waals surface area contributed by atoms with E-state index in [4.69, 9.17) is 19.7 Å². The molecule has 1 aromatic carbocycles. The predicted octanol–water partition coefficient (Wildman–Crippen LogP) is 3.26. The zero-order valence-corrected chi connectivity index (χ0v) is 20.0. The smallest absolute Gasteiger partial charge is 0.246 e. The number of carbonyl (C=O) groups excluding carboxylic acids is 1. The van der Waals surface area contributed by atoms with Gasteiger partial charge in [0, 0.05) is 45.0 Å². The summed E-state index contributed by atoms with van der Waals surface area (Å²) in [6.07, 6.45) is 4.32. The van der Waals surface area contributed by atoms with E-state index in [1.165, 1.54) is 6.08 Å². The zero-order valence-electron chi connectivity index (χ0n) is 19.2. The molecule has 5 rings (SSSR count). The van der Waals surface area contributed by atoms with Crippen LogP contribution in [0.25, 0.3) is 21.7 Å². The molecule has 0 atom stereocenters. The minimum absolute atomic E-state index is 0.00727. The van der Waals surface area contributed by atoms with Crippen molar-refractivity contribution in [3.05, 3.63) is 47.6 Å². The first-order valence-electron chi connectivity index (χ1n) is 11.8. The van der Waals surface area contributed by atoms with Crippen LogP contribution in [-0.4, -0.2) is 75.2 Å². The summed E-state index contributed by atoms with van der Waals surface area (Å²) in [5.41, 5.74) is 2.53. The van der Waals surface area contributed by atoms with Crippen molar-refractivity contribution < 1.29 is 14.6 Å². The lowest BCUT2D eigenvalue weighted by Crippen LogP contribution is -2.47. The van der Waals surface area contributed by atoms with E-state index in [2.05, 4.69) is 11.5 Å². The van der Waals surface area contributed by atoms with Crippen molar-refractivity contribution in [3.8, 4) is 17.1 Å². The number of ether oxygens (including phenoxy) is 1. The number of aromatic hydroxyl groups is 1. The number of hydrogen-bond donors (Lipinski definition) is 1. The summed E-state index contributed by atoms with van der Waals surface area (Å²) >= 11 is 1.67. The fourth-order valence-electron chi connectivity index (χ4n) is 4.57. The number of thiazole rings is 1. The Labute approximate surface area is 202 Å². The molecule has 0 unspecified atom stereocenters. The van der Waals surface area contributed by atoms with Gasteiger partial charge in [0.15, 0.2) is 11.5 Å². The normalized spacial score (nSPS) is 17.8. The predicted molar refractivity (Wildman–Crippen MR) is 132 cm³/mol. The molecule has 2 fully saturated rings. The number of hydrogen-bond acceptors (Lipinski definition) is 8. The lowest BCUT2D eigenvalue weighted by atomic mass is 9.95. The number of phenols is 1. The highest BCUT2D eigenvalue weighted by Crippen LogP contribution is 2.31. The number of carbonyl (C=O) groups is 1. The molecular weight excluding hydrogens is 450 g/mol. The number of piperazine rings is 1. The Hall–Kier alpha value is -2.88. The van der Waals surface area contributed by atoms with E-state index in [1.807, 2.05) is 11.0 Å². The number of phenolic OH excluding ortho intramolecular Hbond substituents is 1. The van der Waals surface area contributed by atoms with E-state index in [-0.39, 0.29) is 11.7 Å². The van der Waals surface area contributed by atoms with Gasteiger partial charge in [-0.2, -0.15) is 0 Å². The van der Waals surface area contributed by atoms with Crippen molar-refractivity contribution in [2.24, 2.45) is 5.92 Å². The third kappa shape index (κ3) is 5.11. The Morgan fingerprint density at radius 1 is 1.18 bits per heavy atom. The third-order valence-corrected chi connectivity index (χ3v) is 7.59. The standard InChI is InChI=1S/C25H29N5O3S/c1-2-22(32)30-10-8-29(9-11-30)16-21-27-25-23(34-21)20(14-17-6-12-33-13-7-17)26-24(28-25)18-4-3-5-19(31)15-18/h2-5,15,17,31H,1,6-14,16H2. The zero-order chi connectivity index (χ0) is 23.5. The Morgan fingerprint density at radius 2 is 1.97 bits per heavy atom. The maximum Gasteiger partial charge on any atom is 0.246 e. The van der Waals surface area contributed by atoms with Gasteiger partial charge < -0.3 is 14.7 Å². The second-order valence-electron chi connectivity index (χ2n) is 8.87. The van der Waals surface area contributed by atoms with Gasteiger partial charge in [-0.15, -0.1) is 11.3 Å². The molecule has 0 radical (unpaired) electrons. The van der Waals surface area contributed by atoms with E-state index in [1.54, 1.807) is 29.5 Å². The SMILES string of the molecule is C=CC(=O)N1CCN(Cc2nc3nc(-c4cccc(O)c4)nc(CC4CCOCC4)c3s2)CC1. The number of amides is 1. The minimum Gasteiger partial charge on any atom is -0.508 e. The summed E-state index contributed by atoms with van der Waals surface area (Å²) in [4.78, 5) is 30.6. The minimum atomic E-state index is -0.00727. The largest absolute Gasteiger partial charge is 0.508 e. The van der Waals surface area contributed by atoms with Crippen molar-refractivity contribution in [1.29, 1.82) is 0 Å². The highest BCUT2D eigenvalue weighted by Gasteiger charge is 2.23. The Bertz CT molecular complexity index is 1180. The topological polar surface area (TPSA) is 91.7 Å². The molecule has 2 aromatic heterocycles. The van der Waals surface area contributed by atoms with E-state index in [9.17, 15) is 9.90 Å². The Kier molecular flexibility index (Phi) is 6.85. The van der Waals surface area contributed by atoms with E-state index >= 15 is 0 Å². The monoisotopic (exact) mass is 479 g/mol. The van der Waals surface area contributed by atoms with Crippen molar-refractivity contribution in [3.63, 3.8) is 0 Å². The Balaban J connectivity index is 1.41.